The Kier molecular flexibility index (Phi) is 3.22. The number of nitrogens with zero attached hydrogens (tertiary/aromatic N) is 2. The van der Waals surface area contributed by atoms with Gasteiger partial charge in [-0.25, -0.2) is 0 Å². The molecule has 0 atom stereocenters. The quantitative estimate of drug-likeness (QED) is 0.885. The molecule has 0 amide bonds. The molecule has 0 aliphatic heterocycles. The summed E-state index contributed by atoms with van der Waals surface area (Å²) in [6, 6.07) is 9.55. The molecule has 1 N–H and O–H groups in total. The van der Waals surface area contributed by atoms with Gasteiger partial charge in [-0.1, -0.05) is 11.6 Å². The Labute approximate surface area is 106 Å². The number of benzene rings is 1. The van der Waals surface area contributed by atoms with Gasteiger partial charge in [0.25, 0.3) is 0 Å². The summed E-state index contributed by atoms with van der Waals surface area (Å²) in [4.78, 5) is 0. The van der Waals surface area contributed by atoms with Crippen molar-refractivity contribution in [2.45, 2.75) is 19.3 Å². The van der Waals surface area contributed by atoms with Gasteiger partial charge in [0, 0.05) is 24.1 Å². The van der Waals surface area contributed by atoms with Crippen molar-refractivity contribution in [1.29, 1.82) is 10.5 Å². The van der Waals surface area contributed by atoms with Crippen LogP contribution in [0.2, 0.25) is 5.02 Å². The van der Waals surface area contributed by atoms with Crippen LogP contribution >= 0.6 is 11.6 Å². The summed E-state index contributed by atoms with van der Waals surface area (Å²) in [5.74, 6) is 0. The molecular weight excluding hydrogens is 234 g/mol. The molecule has 1 saturated carbocycles. The molecule has 1 fully saturated rings. The molecule has 0 unspecified atom stereocenters. The first-order valence-electron chi connectivity index (χ1n) is 5.50. The van der Waals surface area contributed by atoms with Crippen molar-refractivity contribution in [2.24, 2.45) is 5.41 Å². The van der Waals surface area contributed by atoms with Crippen molar-refractivity contribution in [3.05, 3.63) is 28.8 Å². The highest BCUT2D eigenvalue weighted by atomic mass is 35.5. The molecule has 0 aromatic heterocycles. The van der Waals surface area contributed by atoms with Crippen LogP contribution in [-0.4, -0.2) is 6.54 Å². The summed E-state index contributed by atoms with van der Waals surface area (Å²) < 4.78 is 0. The molecule has 0 bridgehead atoms. The third-order valence-electron chi connectivity index (χ3n) is 3.17. The Morgan fingerprint density at radius 2 is 2.12 bits per heavy atom. The number of hydrogen-bond acceptors (Lipinski definition) is 3. The fourth-order valence-electron chi connectivity index (χ4n) is 1.77. The van der Waals surface area contributed by atoms with E-state index in [1.54, 1.807) is 12.1 Å². The van der Waals surface area contributed by atoms with Gasteiger partial charge in [-0.15, -0.1) is 0 Å². The van der Waals surface area contributed by atoms with Crippen LogP contribution in [0.25, 0.3) is 0 Å². The maximum Gasteiger partial charge on any atom is 0.101 e. The molecular formula is C13H12ClN3. The number of hydrogen-bond donors (Lipinski definition) is 1. The highest BCUT2D eigenvalue weighted by Gasteiger charge is 2.42. The minimum Gasteiger partial charge on any atom is -0.384 e. The molecule has 1 aromatic rings. The summed E-state index contributed by atoms with van der Waals surface area (Å²) in [5, 5.41) is 21.2. The highest BCUT2D eigenvalue weighted by Crippen LogP contribution is 2.48. The zero-order chi connectivity index (χ0) is 12.3. The van der Waals surface area contributed by atoms with Gasteiger partial charge in [0.1, 0.15) is 6.07 Å². The van der Waals surface area contributed by atoms with Crippen molar-refractivity contribution in [3.8, 4) is 12.1 Å². The van der Waals surface area contributed by atoms with E-state index in [0.29, 0.717) is 17.0 Å². The largest absolute Gasteiger partial charge is 0.384 e. The summed E-state index contributed by atoms with van der Waals surface area (Å²) in [6.07, 6.45) is 2.82. The van der Waals surface area contributed by atoms with Crippen LogP contribution in [0.5, 0.6) is 0 Å². The molecule has 17 heavy (non-hydrogen) atoms. The fourth-order valence-corrected chi connectivity index (χ4v) is 1.99. The lowest BCUT2D eigenvalue weighted by atomic mass is 10.0. The zero-order valence-electron chi connectivity index (χ0n) is 9.33. The number of rotatable bonds is 4. The standard InChI is InChI=1S/C13H12ClN3/c14-12-7-11(2-1-10(12)8-16)17-9-13(3-4-13)5-6-15/h1-2,7,17H,3-5,9H2. The van der Waals surface area contributed by atoms with E-state index in [-0.39, 0.29) is 5.41 Å². The van der Waals surface area contributed by atoms with Crippen LogP contribution in [-0.2, 0) is 0 Å². The maximum atomic E-state index is 8.76. The van der Waals surface area contributed by atoms with E-state index in [1.807, 2.05) is 12.1 Å². The van der Waals surface area contributed by atoms with Gasteiger partial charge in [0.15, 0.2) is 0 Å². The first-order valence-corrected chi connectivity index (χ1v) is 5.87. The number of anilines is 1. The molecule has 1 aliphatic rings. The van der Waals surface area contributed by atoms with Crippen LogP contribution in [0.4, 0.5) is 5.69 Å². The van der Waals surface area contributed by atoms with E-state index in [4.69, 9.17) is 22.1 Å². The predicted molar refractivity (Wildman–Crippen MR) is 66.6 cm³/mol. The Morgan fingerprint density at radius 3 is 2.65 bits per heavy atom. The molecule has 1 aromatic carbocycles. The minimum atomic E-state index is 0.162. The van der Waals surface area contributed by atoms with Crippen molar-refractivity contribution in [1.82, 2.24) is 0 Å². The second kappa shape index (κ2) is 4.65. The van der Waals surface area contributed by atoms with Gasteiger partial charge in [-0.3, -0.25) is 0 Å². The first kappa shape index (κ1) is 11.8. The second-order valence-corrected chi connectivity index (χ2v) is 4.90. The predicted octanol–water partition coefficient (Wildman–Crippen LogP) is 3.32. The summed E-state index contributed by atoms with van der Waals surface area (Å²) >= 11 is 5.94. The first-order chi connectivity index (χ1) is 8.19. The Bertz CT molecular complexity index is 506. The average molecular weight is 246 g/mol. The summed E-state index contributed by atoms with van der Waals surface area (Å²) in [5.41, 5.74) is 1.54. The van der Waals surface area contributed by atoms with Gasteiger partial charge >= 0.3 is 0 Å². The van der Waals surface area contributed by atoms with Gasteiger partial charge in [-0.05, 0) is 31.0 Å². The Morgan fingerprint density at radius 1 is 1.35 bits per heavy atom. The Hall–Kier alpha value is -1.71. The molecule has 0 heterocycles. The molecule has 0 saturated heterocycles. The zero-order valence-corrected chi connectivity index (χ0v) is 10.1. The van der Waals surface area contributed by atoms with Gasteiger partial charge < -0.3 is 5.32 Å². The van der Waals surface area contributed by atoms with E-state index >= 15 is 0 Å². The van der Waals surface area contributed by atoms with Crippen molar-refractivity contribution in [2.75, 3.05) is 11.9 Å². The van der Waals surface area contributed by atoms with E-state index in [0.717, 1.165) is 25.1 Å². The topological polar surface area (TPSA) is 59.6 Å². The summed E-state index contributed by atoms with van der Waals surface area (Å²) in [7, 11) is 0. The molecule has 1 aliphatic carbocycles. The fraction of sp³-hybridized carbons (Fsp3) is 0.385. The lowest BCUT2D eigenvalue weighted by Gasteiger charge is -2.13. The van der Waals surface area contributed by atoms with Gasteiger partial charge in [0.2, 0.25) is 0 Å². The molecule has 0 radical (unpaired) electrons. The van der Waals surface area contributed by atoms with Gasteiger partial charge in [-0.2, -0.15) is 10.5 Å². The summed E-state index contributed by atoms with van der Waals surface area (Å²) in [6.45, 7) is 0.794. The highest BCUT2D eigenvalue weighted by molar-refractivity contribution is 6.32. The molecule has 86 valence electrons. The van der Waals surface area contributed by atoms with Gasteiger partial charge in [0.05, 0.1) is 16.7 Å². The van der Waals surface area contributed by atoms with Crippen molar-refractivity contribution < 1.29 is 0 Å². The molecule has 2 rings (SSSR count). The molecule has 0 spiro atoms. The molecule has 4 heteroatoms. The smallest absolute Gasteiger partial charge is 0.101 e. The lowest BCUT2D eigenvalue weighted by Crippen LogP contribution is -2.14. The SMILES string of the molecule is N#CCC1(CNc2ccc(C#N)c(Cl)c2)CC1. The van der Waals surface area contributed by atoms with E-state index < -0.39 is 0 Å². The maximum absolute atomic E-state index is 8.76. The van der Waals surface area contributed by atoms with Crippen LogP contribution in [0, 0.1) is 28.1 Å². The normalized spacial score (nSPS) is 15.7. The van der Waals surface area contributed by atoms with E-state index in [9.17, 15) is 0 Å². The number of nitrogens with one attached hydrogen (secondary N) is 1. The lowest BCUT2D eigenvalue weighted by molar-refractivity contribution is 0.557. The van der Waals surface area contributed by atoms with Crippen molar-refractivity contribution >= 4 is 17.3 Å². The van der Waals surface area contributed by atoms with Crippen molar-refractivity contribution in [3.63, 3.8) is 0 Å². The third kappa shape index (κ3) is 2.70. The number of halogens is 1. The molecule has 3 nitrogen and oxygen atoms in total. The monoisotopic (exact) mass is 245 g/mol. The van der Waals surface area contributed by atoms with Crippen LogP contribution in [0.3, 0.4) is 0 Å². The Balaban J connectivity index is 1.99. The van der Waals surface area contributed by atoms with Crippen LogP contribution in [0.15, 0.2) is 18.2 Å². The third-order valence-corrected chi connectivity index (χ3v) is 3.48. The minimum absolute atomic E-state index is 0.162. The van der Waals surface area contributed by atoms with E-state index in [1.165, 1.54) is 0 Å². The van der Waals surface area contributed by atoms with Crippen LogP contribution < -0.4 is 5.32 Å². The number of nitriles is 2. The van der Waals surface area contributed by atoms with Crippen LogP contribution in [0.1, 0.15) is 24.8 Å². The van der Waals surface area contributed by atoms with E-state index in [2.05, 4.69) is 11.4 Å². The second-order valence-electron chi connectivity index (χ2n) is 4.49. The average Bonchev–Trinajstić information content (AvgIpc) is 3.08.